The molecule has 0 aliphatic carbocycles. The molecule has 0 unspecified atom stereocenters. The number of amides is 2. The van der Waals surface area contributed by atoms with Gasteiger partial charge in [0.15, 0.2) is 5.76 Å². The Morgan fingerprint density at radius 3 is 2.35 bits per heavy atom. The first-order valence-electron chi connectivity index (χ1n) is 6.61. The van der Waals surface area contributed by atoms with E-state index >= 15 is 0 Å². The summed E-state index contributed by atoms with van der Waals surface area (Å²) < 4.78 is 12.9. The molecule has 0 radical (unpaired) electrons. The fraction of sp³-hybridized carbons (Fsp3) is 0.333. The average Bonchev–Trinajstić information content (AvgIpc) is 2.64. The minimum atomic E-state index is -0.676. The van der Waals surface area contributed by atoms with E-state index in [0.717, 1.165) is 17.7 Å². The first kappa shape index (κ1) is 14.2. The molecule has 0 spiro atoms. The third-order valence-corrected chi connectivity index (χ3v) is 3.26. The summed E-state index contributed by atoms with van der Waals surface area (Å²) in [6, 6.07) is 5.13. The highest BCUT2D eigenvalue weighted by atomic mass is 19.1. The average molecular weight is 277 g/mol. The Morgan fingerprint density at radius 2 is 1.75 bits per heavy atom. The predicted molar refractivity (Wildman–Crippen MR) is 72.2 cm³/mol. The Labute approximate surface area is 116 Å². The summed E-state index contributed by atoms with van der Waals surface area (Å²) >= 11 is 0. The Bertz CT molecular complexity index is 563. The Morgan fingerprint density at radius 1 is 1.10 bits per heavy atom. The van der Waals surface area contributed by atoms with Gasteiger partial charge < -0.3 is 5.11 Å². The number of aliphatic hydroxyl groups excluding tert-OH is 1. The van der Waals surface area contributed by atoms with E-state index < -0.39 is 23.4 Å². The summed E-state index contributed by atoms with van der Waals surface area (Å²) in [5, 5.41) is 9.85. The Balaban J connectivity index is 2.23. The molecule has 0 atom stereocenters. The van der Waals surface area contributed by atoms with Crippen LogP contribution >= 0.6 is 0 Å². The summed E-state index contributed by atoms with van der Waals surface area (Å²) in [7, 11) is 0. The van der Waals surface area contributed by atoms with E-state index in [1.165, 1.54) is 24.3 Å². The first-order chi connectivity index (χ1) is 9.56. The summed E-state index contributed by atoms with van der Waals surface area (Å²) in [5.41, 5.74) is 0.298. The highest BCUT2D eigenvalue weighted by Crippen LogP contribution is 2.28. The van der Waals surface area contributed by atoms with Gasteiger partial charge in [-0.3, -0.25) is 14.5 Å². The minimum absolute atomic E-state index is 0.0495. The molecule has 0 saturated heterocycles. The molecule has 1 N–H and O–H groups in total. The number of benzene rings is 1. The van der Waals surface area contributed by atoms with Gasteiger partial charge in [-0.25, -0.2) is 4.39 Å². The molecule has 1 aromatic rings. The first-order valence-corrected chi connectivity index (χ1v) is 6.61. The molecule has 1 heterocycles. The van der Waals surface area contributed by atoms with E-state index in [9.17, 15) is 19.1 Å². The molecule has 0 fully saturated rings. The Hall–Kier alpha value is -2.17. The lowest BCUT2D eigenvalue weighted by Gasteiger charge is -2.13. The van der Waals surface area contributed by atoms with Crippen LogP contribution in [0.5, 0.6) is 0 Å². The number of nitrogens with zero attached hydrogens (tertiary/aromatic N) is 1. The van der Waals surface area contributed by atoms with Crippen molar-refractivity contribution < 1.29 is 19.1 Å². The van der Waals surface area contributed by atoms with Gasteiger partial charge in [0, 0.05) is 6.54 Å². The van der Waals surface area contributed by atoms with Crippen molar-refractivity contribution >= 4 is 17.4 Å². The summed E-state index contributed by atoms with van der Waals surface area (Å²) in [4.78, 5) is 25.1. The maximum Gasteiger partial charge on any atom is 0.296 e. The van der Waals surface area contributed by atoms with Gasteiger partial charge in [0.05, 0.1) is 5.57 Å². The SMILES string of the molecule is CCCCCN1C(=O)C(O)=C(c2ccc(F)cc2)C1=O. The van der Waals surface area contributed by atoms with Gasteiger partial charge in [-0.2, -0.15) is 0 Å². The molecule has 2 rings (SSSR count). The lowest BCUT2D eigenvalue weighted by atomic mass is 10.1. The zero-order chi connectivity index (χ0) is 14.7. The number of unbranched alkanes of at least 4 members (excludes halogenated alkanes) is 2. The van der Waals surface area contributed by atoms with Crippen LogP contribution < -0.4 is 0 Å². The lowest BCUT2D eigenvalue weighted by Crippen LogP contribution is -2.32. The second-order valence-corrected chi connectivity index (χ2v) is 4.70. The number of aliphatic hydroxyl groups is 1. The number of carbonyl (C=O) groups is 2. The lowest BCUT2D eigenvalue weighted by molar-refractivity contribution is -0.138. The molecule has 1 aliphatic heterocycles. The van der Waals surface area contributed by atoms with E-state index in [1.54, 1.807) is 0 Å². The topological polar surface area (TPSA) is 57.6 Å². The van der Waals surface area contributed by atoms with Crippen molar-refractivity contribution in [2.24, 2.45) is 0 Å². The zero-order valence-corrected chi connectivity index (χ0v) is 11.2. The van der Waals surface area contributed by atoms with E-state index in [0.29, 0.717) is 18.5 Å². The van der Waals surface area contributed by atoms with Crippen LogP contribution in [-0.4, -0.2) is 28.4 Å². The number of halogens is 1. The second-order valence-electron chi connectivity index (χ2n) is 4.70. The standard InChI is InChI=1S/C15H16FNO3/c1-2-3-4-9-17-14(19)12(13(18)15(17)20)10-5-7-11(16)8-6-10/h5-8,18H,2-4,9H2,1H3. The van der Waals surface area contributed by atoms with Crippen LogP contribution in [0.25, 0.3) is 5.57 Å². The largest absolute Gasteiger partial charge is 0.502 e. The van der Waals surface area contributed by atoms with Crippen LogP contribution in [0.15, 0.2) is 30.0 Å². The number of hydrogen-bond donors (Lipinski definition) is 1. The van der Waals surface area contributed by atoms with Crippen molar-refractivity contribution in [1.82, 2.24) is 4.90 Å². The van der Waals surface area contributed by atoms with Gasteiger partial charge in [-0.15, -0.1) is 0 Å². The van der Waals surface area contributed by atoms with Crippen LogP contribution in [0.2, 0.25) is 0 Å². The van der Waals surface area contributed by atoms with Crippen molar-refractivity contribution in [3.8, 4) is 0 Å². The monoisotopic (exact) mass is 277 g/mol. The van der Waals surface area contributed by atoms with E-state index in [4.69, 9.17) is 0 Å². The molecule has 4 nitrogen and oxygen atoms in total. The summed E-state index contributed by atoms with van der Waals surface area (Å²) in [6.45, 7) is 2.31. The predicted octanol–water partition coefficient (Wildman–Crippen LogP) is 2.65. The smallest absolute Gasteiger partial charge is 0.296 e. The number of imide groups is 1. The van der Waals surface area contributed by atoms with Crippen LogP contribution in [0.4, 0.5) is 4.39 Å². The molecule has 20 heavy (non-hydrogen) atoms. The zero-order valence-electron chi connectivity index (χ0n) is 11.2. The third-order valence-electron chi connectivity index (χ3n) is 3.26. The molecule has 1 aromatic carbocycles. The number of rotatable bonds is 5. The van der Waals surface area contributed by atoms with Gasteiger partial charge in [-0.05, 0) is 24.1 Å². The maximum absolute atomic E-state index is 12.9. The van der Waals surface area contributed by atoms with Gasteiger partial charge in [0.25, 0.3) is 11.8 Å². The van der Waals surface area contributed by atoms with Crippen molar-refractivity contribution in [3.63, 3.8) is 0 Å². The van der Waals surface area contributed by atoms with E-state index in [1.807, 2.05) is 6.92 Å². The highest BCUT2D eigenvalue weighted by molar-refractivity contribution is 6.34. The summed E-state index contributed by atoms with van der Waals surface area (Å²) in [5.74, 6) is -2.19. The minimum Gasteiger partial charge on any atom is -0.502 e. The molecular weight excluding hydrogens is 261 g/mol. The molecule has 0 aromatic heterocycles. The number of carbonyl (C=O) groups excluding carboxylic acids is 2. The molecule has 0 bridgehead atoms. The van der Waals surface area contributed by atoms with Crippen molar-refractivity contribution in [1.29, 1.82) is 0 Å². The van der Waals surface area contributed by atoms with Gasteiger partial charge in [-0.1, -0.05) is 31.9 Å². The fourth-order valence-corrected chi connectivity index (χ4v) is 2.16. The van der Waals surface area contributed by atoms with Crippen LogP contribution in [0.1, 0.15) is 31.7 Å². The van der Waals surface area contributed by atoms with E-state index in [-0.39, 0.29) is 5.57 Å². The normalized spacial score (nSPS) is 15.4. The molecule has 1 aliphatic rings. The van der Waals surface area contributed by atoms with Gasteiger partial charge >= 0.3 is 0 Å². The molecule has 106 valence electrons. The highest BCUT2D eigenvalue weighted by Gasteiger charge is 2.38. The van der Waals surface area contributed by atoms with Crippen molar-refractivity contribution in [3.05, 3.63) is 41.4 Å². The molecule has 0 saturated carbocycles. The molecule has 5 heteroatoms. The molecular formula is C15H16FNO3. The van der Waals surface area contributed by atoms with Gasteiger partial charge in [0.2, 0.25) is 0 Å². The third kappa shape index (κ3) is 2.57. The van der Waals surface area contributed by atoms with E-state index in [2.05, 4.69) is 0 Å². The van der Waals surface area contributed by atoms with Crippen molar-refractivity contribution in [2.45, 2.75) is 26.2 Å². The Kier molecular flexibility index (Phi) is 4.17. The van der Waals surface area contributed by atoms with Crippen LogP contribution in [-0.2, 0) is 9.59 Å². The molecule has 2 amide bonds. The summed E-state index contributed by atoms with van der Waals surface area (Å²) in [6.07, 6.45) is 2.59. The second kappa shape index (κ2) is 5.86. The van der Waals surface area contributed by atoms with Crippen LogP contribution in [0.3, 0.4) is 0 Å². The van der Waals surface area contributed by atoms with Crippen LogP contribution in [0, 0.1) is 5.82 Å². The fourth-order valence-electron chi connectivity index (χ4n) is 2.16. The van der Waals surface area contributed by atoms with Crippen molar-refractivity contribution in [2.75, 3.05) is 6.54 Å². The number of hydrogen-bond acceptors (Lipinski definition) is 3. The van der Waals surface area contributed by atoms with Gasteiger partial charge in [0.1, 0.15) is 5.82 Å². The quantitative estimate of drug-likeness (QED) is 0.665. The maximum atomic E-state index is 12.9.